The molecule has 1 aromatic heterocycles. The van der Waals surface area contributed by atoms with E-state index in [1.54, 1.807) is 42.7 Å². The van der Waals surface area contributed by atoms with Crippen LogP contribution in [0.4, 0.5) is 0 Å². The van der Waals surface area contributed by atoms with E-state index in [0.717, 1.165) is 0 Å². The molecular formula is C15H10Cl2N2O2S. The first-order valence-corrected chi connectivity index (χ1v) is 7.53. The van der Waals surface area contributed by atoms with E-state index in [1.807, 2.05) is 0 Å². The van der Waals surface area contributed by atoms with Gasteiger partial charge in [-0.3, -0.25) is 9.69 Å². The average Bonchev–Trinajstić information content (AvgIpc) is 3.06. The number of benzene rings is 1. The molecule has 1 saturated heterocycles. The van der Waals surface area contributed by atoms with Gasteiger partial charge in [0, 0.05) is 10.0 Å². The Kier molecular flexibility index (Phi) is 4.20. The van der Waals surface area contributed by atoms with Gasteiger partial charge in [-0.2, -0.15) is 0 Å². The lowest BCUT2D eigenvalue weighted by molar-refractivity contribution is -0.122. The number of thiocarbonyl (C=S) groups is 1. The highest BCUT2D eigenvalue weighted by Crippen LogP contribution is 2.24. The minimum atomic E-state index is -0.229. The number of nitrogens with zero attached hydrogens (tertiary/aromatic N) is 1. The van der Waals surface area contributed by atoms with Crippen LogP contribution in [0.5, 0.6) is 0 Å². The summed E-state index contributed by atoms with van der Waals surface area (Å²) < 4.78 is 5.24. The van der Waals surface area contributed by atoms with Crippen LogP contribution in [-0.2, 0) is 11.3 Å². The van der Waals surface area contributed by atoms with Gasteiger partial charge in [-0.25, -0.2) is 0 Å². The number of nitrogens with one attached hydrogen (secondary N) is 1. The third-order valence-electron chi connectivity index (χ3n) is 3.12. The van der Waals surface area contributed by atoms with Crippen LogP contribution in [0.1, 0.15) is 11.3 Å². The summed E-state index contributed by atoms with van der Waals surface area (Å²) in [6, 6.07) is 8.61. The number of carbonyl (C=O) groups is 1. The number of halogens is 2. The van der Waals surface area contributed by atoms with Gasteiger partial charge in [0.05, 0.1) is 12.8 Å². The van der Waals surface area contributed by atoms with E-state index in [-0.39, 0.29) is 12.5 Å². The van der Waals surface area contributed by atoms with Crippen LogP contribution in [0.25, 0.3) is 6.08 Å². The minimum Gasteiger partial charge on any atom is -0.467 e. The smallest absolute Gasteiger partial charge is 0.276 e. The second-order valence-electron chi connectivity index (χ2n) is 4.62. The Balaban J connectivity index is 1.85. The van der Waals surface area contributed by atoms with E-state index in [0.29, 0.717) is 32.2 Å². The standard InChI is InChI=1S/C15H10Cl2N2O2S/c16-10-4-3-9(12(17)7-10)6-13-14(20)19(15(22)18-13)8-11-2-1-5-21-11/h1-7H,8H2,(H,18,22)/b13-6-. The van der Waals surface area contributed by atoms with Gasteiger partial charge >= 0.3 is 0 Å². The SMILES string of the molecule is O=C1/C(=C/c2ccc(Cl)cc2Cl)NC(=S)N1Cc1ccco1. The molecule has 1 aromatic carbocycles. The van der Waals surface area contributed by atoms with E-state index in [1.165, 1.54) is 4.90 Å². The largest absolute Gasteiger partial charge is 0.467 e. The molecule has 22 heavy (non-hydrogen) atoms. The highest BCUT2D eigenvalue weighted by atomic mass is 35.5. The maximum atomic E-state index is 12.4. The van der Waals surface area contributed by atoms with Gasteiger partial charge in [0.2, 0.25) is 0 Å². The summed E-state index contributed by atoms with van der Waals surface area (Å²) in [5.41, 5.74) is 1.05. The minimum absolute atomic E-state index is 0.229. The van der Waals surface area contributed by atoms with Crippen molar-refractivity contribution in [1.82, 2.24) is 10.2 Å². The Labute approximate surface area is 142 Å². The molecule has 1 amide bonds. The van der Waals surface area contributed by atoms with E-state index >= 15 is 0 Å². The van der Waals surface area contributed by atoms with Gasteiger partial charge in [-0.1, -0.05) is 29.3 Å². The van der Waals surface area contributed by atoms with Crippen molar-refractivity contribution in [2.75, 3.05) is 0 Å². The van der Waals surface area contributed by atoms with Crippen molar-refractivity contribution >= 4 is 52.5 Å². The highest BCUT2D eigenvalue weighted by Gasteiger charge is 2.31. The fourth-order valence-electron chi connectivity index (χ4n) is 2.05. The fraction of sp³-hybridized carbons (Fsp3) is 0.0667. The molecule has 0 aliphatic carbocycles. The molecule has 2 aromatic rings. The van der Waals surface area contributed by atoms with Crippen molar-refractivity contribution in [3.8, 4) is 0 Å². The summed E-state index contributed by atoms with van der Waals surface area (Å²) in [7, 11) is 0. The topological polar surface area (TPSA) is 45.5 Å². The second-order valence-corrected chi connectivity index (χ2v) is 5.85. The van der Waals surface area contributed by atoms with Crippen LogP contribution in [-0.4, -0.2) is 15.9 Å². The maximum absolute atomic E-state index is 12.4. The number of amides is 1. The normalized spacial score (nSPS) is 16.5. The average molecular weight is 353 g/mol. The first kappa shape index (κ1) is 15.1. The van der Waals surface area contributed by atoms with Gasteiger partial charge in [-0.15, -0.1) is 0 Å². The van der Waals surface area contributed by atoms with Crippen LogP contribution < -0.4 is 5.32 Å². The lowest BCUT2D eigenvalue weighted by Crippen LogP contribution is -2.29. The quantitative estimate of drug-likeness (QED) is 0.673. The summed E-state index contributed by atoms with van der Waals surface area (Å²) in [5.74, 6) is 0.427. The van der Waals surface area contributed by atoms with Gasteiger partial charge in [-0.05, 0) is 48.1 Å². The summed E-state index contributed by atoms with van der Waals surface area (Å²) >= 11 is 17.2. The summed E-state index contributed by atoms with van der Waals surface area (Å²) in [6.45, 7) is 0.281. The van der Waals surface area contributed by atoms with Crippen molar-refractivity contribution in [2.45, 2.75) is 6.54 Å². The lowest BCUT2D eigenvalue weighted by Gasteiger charge is -2.11. The van der Waals surface area contributed by atoms with Crippen molar-refractivity contribution in [2.24, 2.45) is 0 Å². The molecule has 3 rings (SSSR count). The third kappa shape index (κ3) is 3.02. The molecule has 1 N–H and O–H groups in total. The van der Waals surface area contributed by atoms with Crippen molar-refractivity contribution < 1.29 is 9.21 Å². The number of furan rings is 1. The molecule has 0 atom stereocenters. The molecule has 0 spiro atoms. The Morgan fingerprint density at radius 3 is 2.82 bits per heavy atom. The highest BCUT2D eigenvalue weighted by molar-refractivity contribution is 7.80. The fourth-order valence-corrected chi connectivity index (χ4v) is 2.77. The zero-order chi connectivity index (χ0) is 15.7. The predicted molar refractivity (Wildman–Crippen MR) is 89.4 cm³/mol. The lowest BCUT2D eigenvalue weighted by atomic mass is 10.2. The molecule has 1 aliphatic heterocycles. The zero-order valence-electron chi connectivity index (χ0n) is 11.2. The van der Waals surface area contributed by atoms with Gasteiger partial charge in [0.1, 0.15) is 11.5 Å². The van der Waals surface area contributed by atoms with Crippen molar-refractivity contribution in [3.63, 3.8) is 0 Å². The van der Waals surface area contributed by atoms with E-state index < -0.39 is 0 Å². The Morgan fingerprint density at radius 1 is 1.32 bits per heavy atom. The number of carbonyl (C=O) groups excluding carboxylic acids is 1. The van der Waals surface area contributed by atoms with Gasteiger partial charge < -0.3 is 9.73 Å². The van der Waals surface area contributed by atoms with Gasteiger partial charge in [0.15, 0.2) is 5.11 Å². The number of rotatable bonds is 3. The van der Waals surface area contributed by atoms with Gasteiger partial charge in [0.25, 0.3) is 5.91 Å². The van der Waals surface area contributed by atoms with Crippen LogP contribution in [0.15, 0.2) is 46.7 Å². The van der Waals surface area contributed by atoms with Crippen molar-refractivity contribution in [3.05, 3.63) is 63.7 Å². The molecule has 1 aliphatic rings. The molecule has 7 heteroatoms. The van der Waals surface area contributed by atoms with Crippen LogP contribution >= 0.6 is 35.4 Å². The molecule has 2 heterocycles. The summed E-state index contributed by atoms with van der Waals surface area (Å²) in [4.78, 5) is 13.9. The van der Waals surface area contributed by atoms with E-state index in [4.69, 9.17) is 39.8 Å². The molecule has 0 unspecified atom stereocenters. The van der Waals surface area contributed by atoms with Crippen molar-refractivity contribution in [1.29, 1.82) is 0 Å². The molecule has 0 saturated carbocycles. The van der Waals surface area contributed by atoms with Crippen LogP contribution in [0.2, 0.25) is 10.0 Å². The Morgan fingerprint density at radius 2 is 2.14 bits per heavy atom. The number of hydrogen-bond acceptors (Lipinski definition) is 3. The Bertz CT molecular complexity index is 772. The first-order chi connectivity index (χ1) is 10.5. The Hall–Kier alpha value is -1.82. The molecule has 0 radical (unpaired) electrons. The second kappa shape index (κ2) is 6.12. The maximum Gasteiger partial charge on any atom is 0.276 e. The zero-order valence-corrected chi connectivity index (χ0v) is 13.5. The number of hydrogen-bond donors (Lipinski definition) is 1. The molecule has 0 bridgehead atoms. The van der Waals surface area contributed by atoms with Crippen LogP contribution in [0, 0.1) is 0 Å². The molecular weight excluding hydrogens is 343 g/mol. The monoisotopic (exact) mass is 352 g/mol. The first-order valence-electron chi connectivity index (χ1n) is 6.36. The summed E-state index contributed by atoms with van der Waals surface area (Å²) in [6.07, 6.45) is 3.20. The van der Waals surface area contributed by atoms with E-state index in [9.17, 15) is 4.79 Å². The summed E-state index contributed by atoms with van der Waals surface area (Å²) in [5, 5.41) is 4.22. The predicted octanol–water partition coefficient (Wildman–Crippen LogP) is 3.84. The molecule has 112 valence electrons. The van der Waals surface area contributed by atoms with Crippen LogP contribution in [0.3, 0.4) is 0 Å². The molecule has 1 fully saturated rings. The van der Waals surface area contributed by atoms with E-state index in [2.05, 4.69) is 5.32 Å². The molecule has 4 nitrogen and oxygen atoms in total. The third-order valence-corrected chi connectivity index (χ3v) is 4.00.